The Kier molecular flexibility index (Phi) is 3.13. The topological polar surface area (TPSA) is 94.0 Å². The lowest BCUT2D eigenvalue weighted by Gasteiger charge is -2.19. The van der Waals surface area contributed by atoms with Crippen LogP contribution in [0.5, 0.6) is 0 Å². The second kappa shape index (κ2) is 4.49. The van der Waals surface area contributed by atoms with E-state index in [9.17, 15) is 4.79 Å². The lowest BCUT2D eigenvalue weighted by atomic mass is 9.90. The van der Waals surface area contributed by atoms with Gasteiger partial charge in [-0.05, 0) is 6.92 Å². The first-order valence-corrected chi connectivity index (χ1v) is 5.88. The summed E-state index contributed by atoms with van der Waals surface area (Å²) in [5, 5.41) is 20.7. The maximum Gasteiger partial charge on any atom is 0.358 e. The van der Waals surface area contributed by atoms with Crippen molar-refractivity contribution in [3.63, 3.8) is 0 Å². The van der Waals surface area contributed by atoms with Gasteiger partial charge in [0.1, 0.15) is 11.5 Å². The summed E-state index contributed by atoms with van der Waals surface area (Å²) in [4.78, 5) is 11.2. The van der Waals surface area contributed by atoms with Gasteiger partial charge in [-0.15, -0.1) is 5.10 Å². The molecule has 1 N–H and O–H groups in total. The van der Waals surface area contributed by atoms with Crippen LogP contribution in [0.1, 0.15) is 48.4 Å². The molecule has 19 heavy (non-hydrogen) atoms. The third kappa shape index (κ3) is 2.64. The predicted molar refractivity (Wildman–Crippen MR) is 66.0 cm³/mol. The van der Waals surface area contributed by atoms with Crippen LogP contribution < -0.4 is 0 Å². The van der Waals surface area contributed by atoms with Crippen LogP contribution in [0, 0.1) is 6.92 Å². The van der Waals surface area contributed by atoms with E-state index in [-0.39, 0.29) is 11.1 Å². The molecule has 0 unspecified atom stereocenters. The molecule has 0 spiro atoms. The first kappa shape index (κ1) is 13.3. The number of rotatable bonds is 3. The highest BCUT2D eigenvalue weighted by molar-refractivity contribution is 5.86. The van der Waals surface area contributed by atoms with Crippen LogP contribution in [0.25, 0.3) is 0 Å². The molecule has 0 bridgehead atoms. The Morgan fingerprint density at radius 3 is 2.63 bits per heavy atom. The molecule has 2 aromatic rings. The minimum Gasteiger partial charge on any atom is -0.476 e. The highest BCUT2D eigenvalue weighted by Crippen LogP contribution is 2.25. The maximum absolute atomic E-state index is 11.2. The van der Waals surface area contributed by atoms with Gasteiger partial charge in [-0.2, -0.15) is 0 Å². The van der Waals surface area contributed by atoms with E-state index >= 15 is 0 Å². The summed E-state index contributed by atoms with van der Waals surface area (Å²) in [5.74, 6) is -0.376. The largest absolute Gasteiger partial charge is 0.476 e. The molecule has 0 radical (unpaired) electrons. The summed E-state index contributed by atoms with van der Waals surface area (Å²) in [7, 11) is 0. The van der Waals surface area contributed by atoms with Gasteiger partial charge in [-0.25, -0.2) is 9.48 Å². The molecule has 7 heteroatoms. The molecule has 0 aliphatic heterocycles. The second-order valence-electron chi connectivity index (χ2n) is 5.43. The lowest BCUT2D eigenvalue weighted by molar-refractivity contribution is 0.0687. The fourth-order valence-corrected chi connectivity index (χ4v) is 1.96. The average molecular weight is 264 g/mol. The molecule has 2 heterocycles. The van der Waals surface area contributed by atoms with Crippen LogP contribution in [-0.4, -0.2) is 31.2 Å². The highest BCUT2D eigenvalue weighted by atomic mass is 16.5. The van der Waals surface area contributed by atoms with Crippen molar-refractivity contribution >= 4 is 5.97 Å². The number of carboxylic acid groups (broad SMARTS) is 1. The van der Waals surface area contributed by atoms with Crippen LogP contribution in [0.2, 0.25) is 0 Å². The van der Waals surface area contributed by atoms with E-state index in [4.69, 9.17) is 9.63 Å². The molecule has 7 nitrogen and oxygen atoms in total. The molecular formula is C12H16N4O3. The molecule has 0 aliphatic rings. The Bertz CT molecular complexity index is 607. The second-order valence-corrected chi connectivity index (χ2v) is 5.43. The normalized spacial score (nSPS) is 11.8. The van der Waals surface area contributed by atoms with Crippen LogP contribution in [0.3, 0.4) is 0 Å². The molecule has 0 aliphatic carbocycles. The molecule has 102 valence electrons. The zero-order valence-electron chi connectivity index (χ0n) is 11.3. The average Bonchev–Trinajstić information content (AvgIpc) is 2.84. The van der Waals surface area contributed by atoms with Gasteiger partial charge in [0.25, 0.3) is 0 Å². The molecule has 0 saturated carbocycles. The molecule has 0 aromatic carbocycles. The van der Waals surface area contributed by atoms with Gasteiger partial charge < -0.3 is 9.63 Å². The summed E-state index contributed by atoms with van der Waals surface area (Å²) in [6.07, 6.45) is 0. The number of nitrogens with zero attached hydrogens (tertiary/aromatic N) is 4. The van der Waals surface area contributed by atoms with E-state index in [0.717, 1.165) is 0 Å². The smallest absolute Gasteiger partial charge is 0.358 e. The van der Waals surface area contributed by atoms with E-state index < -0.39 is 5.97 Å². The predicted octanol–water partition coefficient (Wildman–Crippen LogP) is 1.62. The van der Waals surface area contributed by atoms with Crippen molar-refractivity contribution < 1.29 is 14.4 Å². The molecule has 0 amide bonds. The maximum atomic E-state index is 11.2. The van der Waals surface area contributed by atoms with Gasteiger partial charge in [-0.1, -0.05) is 31.1 Å². The number of carbonyl (C=O) groups is 1. The van der Waals surface area contributed by atoms with Gasteiger partial charge in [0, 0.05) is 11.5 Å². The minimum absolute atomic E-state index is 0.0206. The van der Waals surface area contributed by atoms with Crippen molar-refractivity contribution in [1.82, 2.24) is 20.2 Å². The van der Waals surface area contributed by atoms with Crippen molar-refractivity contribution in [2.24, 2.45) is 0 Å². The van der Waals surface area contributed by atoms with Gasteiger partial charge in [0.15, 0.2) is 5.69 Å². The fraction of sp³-hybridized carbons (Fsp3) is 0.500. The van der Waals surface area contributed by atoms with Gasteiger partial charge in [-0.3, -0.25) is 0 Å². The zero-order chi connectivity index (χ0) is 14.2. The number of aromatic carboxylic acids is 1. The van der Waals surface area contributed by atoms with E-state index in [0.29, 0.717) is 23.7 Å². The van der Waals surface area contributed by atoms with Crippen molar-refractivity contribution in [3.8, 4) is 0 Å². The summed E-state index contributed by atoms with van der Waals surface area (Å²) in [5.41, 5.74) is 0.855. The molecular weight excluding hydrogens is 248 g/mol. The minimum atomic E-state index is -1.08. The van der Waals surface area contributed by atoms with Crippen LogP contribution >= 0.6 is 0 Å². The van der Waals surface area contributed by atoms with Crippen molar-refractivity contribution in [3.05, 3.63) is 28.9 Å². The molecule has 2 rings (SSSR count). The van der Waals surface area contributed by atoms with Crippen molar-refractivity contribution in [1.29, 1.82) is 0 Å². The molecule has 0 atom stereocenters. The van der Waals surface area contributed by atoms with E-state index in [1.807, 2.05) is 20.8 Å². The Morgan fingerprint density at radius 2 is 2.16 bits per heavy atom. The van der Waals surface area contributed by atoms with E-state index in [1.54, 1.807) is 17.7 Å². The highest BCUT2D eigenvalue weighted by Gasteiger charge is 2.29. The summed E-state index contributed by atoms with van der Waals surface area (Å²) < 4.78 is 6.54. The third-order valence-electron chi connectivity index (χ3n) is 2.64. The Balaban J connectivity index is 2.43. The van der Waals surface area contributed by atoms with E-state index in [1.165, 1.54) is 0 Å². The first-order valence-electron chi connectivity index (χ1n) is 5.88. The fourth-order valence-electron chi connectivity index (χ4n) is 1.96. The Morgan fingerprint density at radius 1 is 1.47 bits per heavy atom. The quantitative estimate of drug-likeness (QED) is 0.905. The zero-order valence-corrected chi connectivity index (χ0v) is 11.3. The van der Waals surface area contributed by atoms with Crippen LogP contribution in [0.4, 0.5) is 0 Å². The Labute approximate surface area is 110 Å². The number of hydrogen-bond donors (Lipinski definition) is 1. The van der Waals surface area contributed by atoms with Crippen LogP contribution in [0.15, 0.2) is 10.6 Å². The Hall–Kier alpha value is -2.18. The number of carboxylic acids is 1. The lowest BCUT2D eigenvalue weighted by Crippen LogP contribution is -2.22. The standard InChI is InChI=1S/C12H16N4O3/c1-7-5-8(14-19-7)6-16-10(12(2,3)4)9(11(17)18)13-15-16/h5H,6H2,1-4H3,(H,17,18). The number of hydrogen-bond acceptors (Lipinski definition) is 5. The monoisotopic (exact) mass is 264 g/mol. The molecule has 0 saturated heterocycles. The van der Waals surface area contributed by atoms with Crippen LogP contribution in [-0.2, 0) is 12.0 Å². The first-order chi connectivity index (χ1) is 8.79. The number of aryl methyl sites for hydroxylation is 1. The van der Waals surface area contributed by atoms with Gasteiger partial charge in [0.2, 0.25) is 0 Å². The molecule has 2 aromatic heterocycles. The van der Waals surface area contributed by atoms with Crippen molar-refractivity contribution in [2.75, 3.05) is 0 Å². The SMILES string of the molecule is Cc1cc(Cn2nnc(C(=O)O)c2C(C)(C)C)no1. The van der Waals surface area contributed by atoms with Gasteiger partial charge >= 0.3 is 5.97 Å². The molecule has 0 fully saturated rings. The summed E-state index contributed by atoms with van der Waals surface area (Å²) in [6, 6.07) is 1.79. The summed E-state index contributed by atoms with van der Waals surface area (Å²) in [6.45, 7) is 7.89. The van der Waals surface area contributed by atoms with Crippen molar-refractivity contribution in [2.45, 2.75) is 39.7 Å². The number of aromatic nitrogens is 4. The van der Waals surface area contributed by atoms with Gasteiger partial charge in [0.05, 0.1) is 12.2 Å². The van der Waals surface area contributed by atoms with E-state index in [2.05, 4.69) is 15.5 Å². The summed E-state index contributed by atoms with van der Waals surface area (Å²) >= 11 is 0. The third-order valence-corrected chi connectivity index (χ3v) is 2.64.